The highest BCUT2D eigenvalue weighted by Gasteiger charge is 2.17. The third-order valence-corrected chi connectivity index (χ3v) is 3.06. The Morgan fingerprint density at radius 2 is 2.41 bits per heavy atom. The van der Waals surface area contributed by atoms with Crippen molar-refractivity contribution in [3.05, 3.63) is 16.8 Å². The lowest BCUT2D eigenvalue weighted by Gasteiger charge is -2.05. The molecule has 0 fully saturated rings. The minimum Gasteiger partial charge on any atom is -0.394 e. The van der Waals surface area contributed by atoms with Crippen molar-refractivity contribution in [1.29, 1.82) is 0 Å². The van der Waals surface area contributed by atoms with Crippen molar-refractivity contribution in [2.75, 3.05) is 11.1 Å². The van der Waals surface area contributed by atoms with Gasteiger partial charge in [0.1, 0.15) is 4.88 Å². The number of nitrogens with one attached hydrogen (secondary N) is 1. The monoisotopic (exact) mass is 252 g/mol. The SMILES string of the molecule is CCc1nnsc1C(=O)Nc1c(N)cnn1C. The number of nitrogens with two attached hydrogens (primary N) is 1. The minimum atomic E-state index is -0.257. The molecule has 8 heteroatoms. The van der Waals surface area contributed by atoms with Crippen molar-refractivity contribution in [2.24, 2.45) is 7.05 Å². The molecule has 2 rings (SSSR count). The number of nitrogen functional groups attached to an aromatic ring is 1. The highest BCUT2D eigenvalue weighted by Crippen LogP contribution is 2.19. The Morgan fingerprint density at radius 1 is 1.65 bits per heavy atom. The number of anilines is 2. The van der Waals surface area contributed by atoms with Gasteiger partial charge in [0.05, 0.1) is 17.6 Å². The van der Waals surface area contributed by atoms with Crippen LogP contribution in [0.25, 0.3) is 0 Å². The van der Waals surface area contributed by atoms with Crippen LogP contribution in [-0.4, -0.2) is 25.3 Å². The molecule has 0 aliphatic carbocycles. The normalized spacial score (nSPS) is 10.5. The van der Waals surface area contributed by atoms with E-state index in [-0.39, 0.29) is 5.91 Å². The zero-order valence-corrected chi connectivity index (χ0v) is 10.3. The fraction of sp³-hybridized carbons (Fsp3) is 0.333. The number of hydrogen-bond donors (Lipinski definition) is 2. The molecule has 0 spiro atoms. The second-order valence-corrected chi connectivity index (χ2v) is 4.18. The average molecular weight is 252 g/mol. The maximum Gasteiger partial charge on any atom is 0.270 e. The van der Waals surface area contributed by atoms with Crippen molar-refractivity contribution in [1.82, 2.24) is 19.4 Å². The second-order valence-electron chi connectivity index (χ2n) is 3.43. The molecule has 3 N–H and O–H groups in total. The molecule has 0 aliphatic rings. The molecule has 2 heterocycles. The van der Waals surface area contributed by atoms with Gasteiger partial charge in [0.25, 0.3) is 5.91 Å². The van der Waals surface area contributed by atoms with E-state index in [2.05, 4.69) is 20.0 Å². The summed E-state index contributed by atoms with van der Waals surface area (Å²) >= 11 is 1.07. The van der Waals surface area contributed by atoms with E-state index in [0.717, 1.165) is 11.5 Å². The Morgan fingerprint density at radius 3 is 3.00 bits per heavy atom. The van der Waals surface area contributed by atoms with Gasteiger partial charge in [-0.2, -0.15) is 5.10 Å². The Labute approximate surface area is 102 Å². The predicted octanol–water partition coefficient (Wildman–Crippen LogP) is 0.668. The molecule has 0 radical (unpaired) electrons. The number of nitrogens with zero attached hydrogens (tertiary/aromatic N) is 4. The lowest BCUT2D eigenvalue weighted by Crippen LogP contribution is -2.15. The maximum absolute atomic E-state index is 12.0. The van der Waals surface area contributed by atoms with Gasteiger partial charge < -0.3 is 11.1 Å². The summed E-state index contributed by atoms with van der Waals surface area (Å²) in [5, 5.41) is 10.5. The molecule has 2 aromatic rings. The molecule has 0 atom stereocenters. The van der Waals surface area contributed by atoms with Crippen LogP contribution in [0, 0.1) is 0 Å². The van der Waals surface area contributed by atoms with Crippen molar-refractivity contribution < 1.29 is 4.79 Å². The maximum atomic E-state index is 12.0. The highest BCUT2D eigenvalue weighted by atomic mass is 32.1. The average Bonchev–Trinajstić information content (AvgIpc) is 2.90. The highest BCUT2D eigenvalue weighted by molar-refractivity contribution is 7.08. The van der Waals surface area contributed by atoms with E-state index in [9.17, 15) is 4.79 Å². The van der Waals surface area contributed by atoms with Crippen LogP contribution in [0.15, 0.2) is 6.20 Å². The van der Waals surface area contributed by atoms with Gasteiger partial charge in [0.2, 0.25) is 0 Å². The fourth-order valence-corrected chi connectivity index (χ4v) is 2.03. The molecule has 0 aromatic carbocycles. The van der Waals surface area contributed by atoms with Gasteiger partial charge in [0.15, 0.2) is 5.82 Å². The van der Waals surface area contributed by atoms with Crippen LogP contribution in [-0.2, 0) is 13.5 Å². The van der Waals surface area contributed by atoms with E-state index in [1.54, 1.807) is 7.05 Å². The molecule has 7 nitrogen and oxygen atoms in total. The summed E-state index contributed by atoms with van der Waals surface area (Å²) in [7, 11) is 1.71. The third kappa shape index (κ3) is 2.11. The fourth-order valence-electron chi connectivity index (χ4n) is 1.38. The molecular weight excluding hydrogens is 240 g/mol. The summed E-state index contributed by atoms with van der Waals surface area (Å²) in [5.41, 5.74) is 6.80. The number of aryl methyl sites for hydroxylation is 2. The first kappa shape index (κ1) is 11.5. The largest absolute Gasteiger partial charge is 0.394 e. The Hall–Kier alpha value is -1.96. The van der Waals surface area contributed by atoms with Crippen LogP contribution in [0.4, 0.5) is 11.5 Å². The van der Waals surface area contributed by atoms with Crippen LogP contribution >= 0.6 is 11.5 Å². The summed E-state index contributed by atoms with van der Waals surface area (Å²) in [4.78, 5) is 12.5. The van der Waals surface area contributed by atoms with Crippen LogP contribution in [0.1, 0.15) is 22.3 Å². The predicted molar refractivity (Wildman–Crippen MR) is 64.9 cm³/mol. The third-order valence-electron chi connectivity index (χ3n) is 2.30. The first-order valence-electron chi connectivity index (χ1n) is 5.03. The number of hydrogen-bond acceptors (Lipinski definition) is 6. The molecule has 0 bridgehead atoms. The summed E-state index contributed by atoms with van der Waals surface area (Å²) < 4.78 is 5.27. The second kappa shape index (κ2) is 4.50. The lowest BCUT2D eigenvalue weighted by molar-refractivity contribution is 0.102. The standard InChI is InChI=1S/C9H12N6OS/c1-3-6-7(17-14-13-6)9(16)12-8-5(10)4-11-15(8)2/h4H,3,10H2,1-2H3,(H,12,16). The molecule has 17 heavy (non-hydrogen) atoms. The smallest absolute Gasteiger partial charge is 0.270 e. The van der Waals surface area contributed by atoms with E-state index in [1.807, 2.05) is 6.92 Å². The van der Waals surface area contributed by atoms with Crippen molar-refractivity contribution in [3.8, 4) is 0 Å². The van der Waals surface area contributed by atoms with Gasteiger partial charge in [-0.3, -0.25) is 9.48 Å². The van der Waals surface area contributed by atoms with E-state index >= 15 is 0 Å². The Bertz CT molecular complexity index is 526. The van der Waals surface area contributed by atoms with E-state index < -0.39 is 0 Å². The quantitative estimate of drug-likeness (QED) is 0.836. The molecule has 0 aliphatic heterocycles. The number of carbonyl (C=O) groups is 1. The molecule has 90 valence electrons. The molecule has 1 amide bonds. The van der Waals surface area contributed by atoms with Gasteiger partial charge in [-0.15, -0.1) is 5.10 Å². The topological polar surface area (TPSA) is 98.7 Å². The van der Waals surface area contributed by atoms with Crippen LogP contribution < -0.4 is 11.1 Å². The van der Waals surface area contributed by atoms with Crippen LogP contribution in [0.3, 0.4) is 0 Å². The molecule has 2 aromatic heterocycles. The number of rotatable bonds is 3. The Balaban J connectivity index is 2.23. The van der Waals surface area contributed by atoms with Crippen molar-refractivity contribution in [2.45, 2.75) is 13.3 Å². The Kier molecular flexibility index (Phi) is 3.05. The van der Waals surface area contributed by atoms with Gasteiger partial charge in [-0.05, 0) is 18.0 Å². The van der Waals surface area contributed by atoms with Crippen LogP contribution in [0.5, 0.6) is 0 Å². The van der Waals surface area contributed by atoms with Crippen molar-refractivity contribution in [3.63, 3.8) is 0 Å². The first-order chi connectivity index (χ1) is 8.13. The zero-order valence-electron chi connectivity index (χ0n) is 9.47. The van der Waals surface area contributed by atoms with Gasteiger partial charge >= 0.3 is 0 Å². The summed E-state index contributed by atoms with van der Waals surface area (Å²) in [5.74, 6) is 0.220. The molecular formula is C9H12N6OS. The number of carbonyl (C=O) groups excluding carboxylic acids is 1. The number of aromatic nitrogens is 4. The van der Waals surface area contributed by atoms with Gasteiger partial charge in [0, 0.05) is 7.05 Å². The molecule has 0 saturated carbocycles. The van der Waals surface area contributed by atoms with Crippen LogP contribution in [0.2, 0.25) is 0 Å². The zero-order chi connectivity index (χ0) is 12.4. The first-order valence-corrected chi connectivity index (χ1v) is 5.80. The van der Waals surface area contributed by atoms with E-state index in [0.29, 0.717) is 28.5 Å². The van der Waals surface area contributed by atoms with E-state index in [1.165, 1.54) is 10.9 Å². The minimum absolute atomic E-state index is 0.257. The van der Waals surface area contributed by atoms with Gasteiger partial charge in [-0.1, -0.05) is 11.4 Å². The molecule has 0 saturated heterocycles. The van der Waals surface area contributed by atoms with E-state index in [4.69, 9.17) is 5.73 Å². The van der Waals surface area contributed by atoms with Gasteiger partial charge in [-0.25, -0.2) is 0 Å². The summed E-state index contributed by atoms with van der Waals surface area (Å²) in [6.07, 6.45) is 2.15. The lowest BCUT2D eigenvalue weighted by atomic mass is 10.3. The summed E-state index contributed by atoms with van der Waals surface area (Å²) in [6.45, 7) is 1.92. The number of amides is 1. The summed E-state index contributed by atoms with van der Waals surface area (Å²) in [6, 6.07) is 0. The van der Waals surface area contributed by atoms with Crippen molar-refractivity contribution >= 4 is 28.9 Å². The molecule has 0 unspecified atom stereocenters.